The Kier molecular flexibility index (Phi) is 18.4. The van der Waals surface area contributed by atoms with Crippen LogP contribution < -0.4 is 35.9 Å². The molecule has 1 aliphatic heterocycles. The summed E-state index contributed by atoms with van der Waals surface area (Å²) in [5.74, 6) is -1.29. The summed E-state index contributed by atoms with van der Waals surface area (Å²) in [4.78, 5) is 95.2. The molecule has 29 heteroatoms. The number of phosphoric acid groups is 3. The first kappa shape index (κ1) is 50.3. The van der Waals surface area contributed by atoms with Crippen molar-refractivity contribution in [2.45, 2.75) is 64.8 Å². The number of anilines is 1. The van der Waals surface area contributed by atoms with Gasteiger partial charge in [-0.3, -0.25) is 28.1 Å². The molecule has 0 spiro atoms. The Hall–Kier alpha value is -2.74. The van der Waals surface area contributed by atoms with Crippen LogP contribution in [0.3, 0.4) is 0 Å². The fourth-order valence-electron chi connectivity index (χ4n) is 4.63. The largest absolute Gasteiger partial charge is 0.790 e. The number of ether oxygens (including phenoxy) is 1. The highest BCUT2D eigenvalue weighted by molar-refractivity contribution is 8.14. The number of carbonyl (C=O) groups is 3. The maximum Gasteiger partial charge on any atom is 0.274 e. The molecule has 3 heterocycles. The van der Waals surface area contributed by atoms with Gasteiger partial charge in [-0.15, -0.1) is 0 Å². The Morgan fingerprint density at radius 1 is 1.15 bits per heavy atom. The molecule has 55 heavy (non-hydrogen) atoms. The highest BCUT2D eigenvalue weighted by Crippen LogP contribution is 2.56. The summed E-state index contributed by atoms with van der Waals surface area (Å²) in [5.41, 5.74) is 2.01. The van der Waals surface area contributed by atoms with E-state index in [0.717, 1.165) is 35.1 Å². The van der Waals surface area contributed by atoms with E-state index in [1.165, 1.54) is 20.8 Å². The molecule has 1 aliphatic rings. The minimum atomic E-state index is -5.93. The number of aromatic nitrogens is 4. The molecule has 0 radical (unpaired) electrons. The molecule has 2 aromatic heterocycles. The quantitative estimate of drug-likeness (QED) is 0.0486. The second-order valence-corrected chi connectivity index (χ2v) is 17.1. The van der Waals surface area contributed by atoms with E-state index in [0.29, 0.717) is 0 Å². The van der Waals surface area contributed by atoms with Gasteiger partial charge in [0.15, 0.2) is 17.2 Å². The zero-order valence-electron chi connectivity index (χ0n) is 28.6. The SMILES string of the molecule is C.C=CC(=O)SCCNC(=O)CCNC(=O)C(O)C(C)(C)COP(=O)([O-])OP(=O)([O-])OCC1OC(C)(n2cnc3c(N)ncnc32)C(O)C1OP(=O)([O-])[O-].O. The van der Waals surface area contributed by atoms with Crippen LogP contribution in [0.2, 0.25) is 0 Å². The fourth-order valence-corrected chi connectivity index (χ4v) is 7.88. The van der Waals surface area contributed by atoms with Gasteiger partial charge in [-0.1, -0.05) is 39.6 Å². The summed E-state index contributed by atoms with van der Waals surface area (Å²) in [6, 6.07) is 0. The minimum Gasteiger partial charge on any atom is -0.790 e. The molecule has 7 atom stereocenters. The minimum absolute atomic E-state index is 0. The highest BCUT2D eigenvalue weighted by atomic mass is 32.2. The van der Waals surface area contributed by atoms with Crippen LogP contribution in [0.15, 0.2) is 25.3 Å². The average molecular weight is 866 g/mol. The first-order valence-corrected chi connectivity index (χ1v) is 20.4. The molecular formula is C26H42N7O18P3S-4. The third-order valence-corrected chi connectivity index (χ3v) is 11.2. The van der Waals surface area contributed by atoms with Crippen molar-refractivity contribution in [3.05, 3.63) is 25.3 Å². The molecule has 0 saturated carbocycles. The molecule has 0 bridgehead atoms. The summed E-state index contributed by atoms with van der Waals surface area (Å²) in [5, 5.41) is 26.0. The molecule has 2 amide bonds. The summed E-state index contributed by atoms with van der Waals surface area (Å²) < 4.78 is 60.8. The van der Waals surface area contributed by atoms with Crippen molar-refractivity contribution in [2.75, 3.05) is 37.8 Å². The van der Waals surface area contributed by atoms with Crippen LogP contribution in [0.1, 0.15) is 34.6 Å². The van der Waals surface area contributed by atoms with Gasteiger partial charge in [0.05, 0.1) is 27.4 Å². The van der Waals surface area contributed by atoms with Crippen molar-refractivity contribution in [1.82, 2.24) is 30.2 Å². The predicted molar refractivity (Wildman–Crippen MR) is 183 cm³/mol. The monoisotopic (exact) mass is 865 g/mol. The summed E-state index contributed by atoms with van der Waals surface area (Å²) >= 11 is 0.940. The molecule has 8 N–H and O–H groups in total. The van der Waals surface area contributed by atoms with Crippen molar-refractivity contribution in [1.29, 1.82) is 0 Å². The first-order chi connectivity index (χ1) is 24.4. The van der Waals surface area contributed by atoms with E-state index in [1.54, 1.807) is 0 Å². The van der Waals surface area contributed by atoms with Crippen LogP contribution in [-0.2, 0) is 56.4 Å². The molecule has 2 aromatic rings. The lowest BCUT2D eigenvalue weighted by Crippen LogP contribution is -2.46. The zero-order chi connectivity index (χ0) is 40.0. The number of phosphoric ester groups is 3. The van der Waals surface area contributed by atoms with E-state index in [9.17, 15) is 57.9 Å². The standard InChI is InChI=1S/C25H40N7O17P3S.CH4.H2O/c1-5-16(34)53-9-8-27-15(33)6-7-28-23(37)20(36)24(2,3)11-46-52(43,44)49-51(41,42)45-10-14-18(48-50(38,39)40)19(35)25(4,47-14)32-13-31-17-21(26)29-12-30-22(17)32;;/h5,12-14,18-20,35-36H,1,6-11H2,2-4H3,(H,27,33)(H,28,37)(H,41,42)(H,43,44)(H2,26,29,30)(H2,38,39,40);1H4;1H2/p-4. The Morgan fingerprint density at radius 2 is 1.78 bits per heavy atom. The van der Waals surface area contributed by atoms with Crippen LogP contribution in [0.25, 0.3) is 11.2 Å². The lowest BCUT2D eigenvalue weighted by atomic mass is 9.87. The molecule has 0 aliphatic carbocycles. The van der Waals surface area contributed by atoms with Gasteiger partial charge in [-0.2, -0.15) is 0 Å². The predicted octanol–water partition coefficient (Wildman–Crippen LogP) is -3.69. The van der Waals surface area contributed by atoms with Crippen LogP contribution >= 0.6 is 35.2 Å². The number of thioether (sulfide) groups is 1. The fraction of sp³-hybridized carbons (Fsp3) is 0.615. The third kappa shape index (κ3) is 14.0. The van der Waals surface area contributed by atoms with Crippen molar-refractivity contribution in [3.63, 3.8) is 0 Å². The van der Waals surface area contributed by atoms with Crippen LogP contribution in [-0.4, -0.2) is 109 Å². The normalized spacial score (nSPS) is 22.7. The number of nitrogens with two attached hydrogens (primary N) is 1. The lowest BCUT2D eigenvalue weighted by molar-refractivity contribution is -0.347. The average Bonchev–Trinajstić information content (AvgIpc) is 3.60. The van der Waals surface area contributed by atoms with E-state index in [-0.39, 0.29) is 60.3 Å². The topological polar surface area (TPSA) is 406 Å². The number of aliphatic hydroxyl groups excluding tert-OH is 2. The van der Waals surface area contributed by atoms with E-state index in [2.05, 4.69) is 50.0 Å². The van der Waals surface area contributed by atoms with Gasteiger partial charge in [0.1, 0.15) is 36.3 Å². The molecule has 1 saturated heterocycles. The van der Waals surface area contributed by atoms with Gasteiger partial charge in [-0.05, 0) is 13.0 Å². The maximum atomic E-state index is 12.5. The Balaban J connectivity index is 0.00000756. The number of amides is 2. The molecule has 7 unspecified atom stereocenters. The van der Waals surface area contributed by atoms with E-state index >= 15 is 0 Å². The van der Waals surface area contributed by atoms with E-state index in [1.807, 2.05) is 0 Å². The van der Waals surface area contributed by atoms with Crippen molar-refractivity contribution in [3.8, 4) is 0 Å². The van der Waals surface area contributed by atoms with Gasteiger partial charge in [0.2, 0.25) is 16.9 Å². The van der Waals surface area contributed by atoms with Crippen molar-refractivity contribution in [2.24, 2.45) is 5.41 Å². The maximum absolute atomic E-state index is 12.5. The van der Waals surface area contributed by atoms with Crippen molar-refractivity contribution >= 4 is 69.1 Å². The molecule has 314 valence electrons. The molecule has 25 nitrogen and oxygen atoms in total. The molecule has 0 aromatic carbocycles. The van der Waals surface area contributed by atoms with Crippen LogP contribution in [0.5, 0.6) is 0 Å². The Morgan fingerprint density at radius 3 is 2.40 bits per heavy atom. The molecule has 3 rings (SSSR count). The van der Waals surface area contributed by atoms with Gasteiger partial charge in [0.25, 0.3) is 15.6 Å². The second-order valence-electron chi connectivity index (χ2n) is 11.9. The molecular weight excluding hydrogens is 823 g/mol. The van der Waals surface area contributed by atoms with Gasteiger partial charge >= 0.3 is 0 Å². The van der Waals surface area contributed by atoms with Crippen LogP contribution in [0.4, 0.5) is 5.82 Å². The molecule has 1 fully saturated rings. The van der Waals surface area contributed by atoms with E-state index < -0.39 is 84.1 Å². The number of imidazole rings is 1. The third-order valence-electron chi connectivity index (χ3n) is 7.37. The Bertz CT molecular complexity index is 1810. The van der Waals surface area contributed by atoms with Crippen molar-refractivity contribution < 1.29 is 86.0 Å². The number of carbonyl (C=O) groups excluding carboxylic acids is 3. The number of nitrogens with one attached hydrogen (secondary N) is 2. The van der Waals surface area contributed by atoms with Gasteiger partial charge < -0.3 is 74.5 Å². The van der Waals surface area contributed by atoms with Crippen LogP contribution in [0, 0.1) is 5.41 Å². The zero-order valence-corrected chi connectivity index (χ0v) is 32.1. The summed E-state index contributed by atoms with van der Waals surface area (Å²) in [6.07, 6.45) is -4.97. The second kappa shape index (κ2) is 20.1. The number of hydrogen-bond acceptors (Lipinski definition) is 22. The van der Waals surface area contributed by atoms with Gasteiger partial charge in [0, 0.05) is 30.7 Å². The van der Waals surface area contributed by atoms with Gasteiger partial charge in [-0.25, -0.2) is 19.3 Å². The lowest BCUT2D eigenvalue weighted by Gasteiger charge is -2.36. The number of fused-ring (bicyclic) bond motifs is 1. The summed E-state index contributed by atoms with van der Waals surface area (Å²) in [7, 11) is -17.6. The number of nitrogens with zero attached hydrogens (tertiary/aromatic N) is 4. The highest BCUT2D eigenvalue weighted by Gasteiger charge is 2.55. The Labute approximate surface area is 318 Å². The summed E-state index contributed by atoms with van der Waals surface area (Å²) in [6.45, 7) is 4.51. The number of rotatable bonds is 20. The first-order valence-electron chi connectivity index (χ1n) is 15.1. The number of nitrogen functional groups attached to an aromatic ring is 1. The smallest absolute Gasteiger partial charge is 0.274 e. The number of aliphatic hydroxyl groups is 2. The van der Waals surface area contributed by atoms with E-state index in [4.69, 9.17) is 10.5 Å². The number of hydrogen-bond donors (Lipinski definition) is 5.